The van der Waals surface area contributed by atoms with Gasteiger partial charge in [-0.25, -0.2) is 4.79 Å². The van der Waals surface area contributed by atoms with Crippen molar-refractivity contribution in [1.82, 2.24) is 0 Å². The van der Waals surface area contributed by atoms with Crippen molar-refractivity contribution in [2.75, 3.05) is 31.3 Å². The van der Waals surface area contributed by atoms with Crippen LogP contribution in [0.15, 0.2) is 40.6 Å². The van der Waals surface area contributed by atoms with E-state index in [4.69, 9.17) is 4.74 Å². The number of carbonyl (C=O) groups is 1. The quantitative estimate of drug-likeness (QED) is 0.836. The molecule has 2 unspecified atom stereocenters. The number of anilines is 1. The Hall–Kier alpha value is -1.95. The van der Waals surface area contributed by atoms with Crippen LogP contribution in [0.3, 0.4) is 0 Å². The van der Waals surface area contributed by atoms with Crippen LogP contribution in [0, 0.1) is 0 Å². The highest BCUT2D eigenvalue weighted by atomic mass is 32.2. The van der Waals surface area contributed by atoms with Crippen molar-refractivity contribution in [3.63, 3.8) is 0 Å². The second kappa shape index (κ2) is 7.52. The summed E-state index contributed by atoms with van der Waals surface area (Å²) >= 11 is 1.84. The van der Waals surface area contributed by atoms with Gasteiger partial charge in [-0.3, -0.25) is 4.99 Å². The van der Waals surface area contributed by atoms with Crippen molar-refractivity contribution in [2.45, 2.75) is 31.1 Å². The third-order valence-electron chi connectivity index (χ3n) is 4.44. The van der Waals surface area contributed by atoms with Crippen LogP contribution in [0.25, 0.3) is 0 Å². The largest absolute Gasteiger partial charge is 0.511 e. The molecule has 25 heavy (non-hydrogen) atoms. The van der Waals surface area contributed by atoms with E-state index >= 15 is 0 Å². The highest BCUT2D eigenvalue weighted by Crippen LogP contribution is 2.37. The maximum absolute atomic E-state index is 12.3. The van der Waals surface area contributed by atoms with Gasteiger partial charge in [0.15, 0.2) is 0 Å². The van der Waals surface area contributed by atoms with Gasteiger partial charge in [0.1, 0.15) is 17.4 Å². The standard InChI is InChI=1S/C19H24N2O3S/c1-12-10-16(22)18(19(23)24-12)15-11-17(25-9-8-20-15)13-4-6-14(7-5-13)21(2)3/h4-7,12,17,22H,8-11H2,1-3H3. The molecular formula is C19H24N2O3S. The molecule has 2 aliphatic rings. The number of hydrogen-bond acceptors (Lipinski definition) is 6. The average molecular weight is 360 g/mol. The third-order valence-corrected chi connectivity index (χ3v) is 5.70. The van der Waals surface area contributed by atoms with Crippen LogP contribution in [0.5, 0.6) is 0 Å². The van der Waals surface area contributed by atoms with Crippen LogP contribution in [0.2, 0.25) is 0 Å². The normalized spacial score (nSPS) is 24.4. The number of aliphatic imine (C=N–C) groups is 1. The van der Waals surface area contributed by atoms with E-state index in [0.29, 0.717) is 25.1 Å². The predicted molar refractivity (Wildman–Crippen MR) is 103 cm³/mol. The molecular weight excluding hydrogens is 336 g/mol. The maximum Gasteiger partial charge on any atom is 0.343 e. The average Bonchev–Trinajstić information content (AvgIpc) is 2.80. The van der Waals surface area contributed by atoms with E-state index in [9.17, 15) is 9.90 Å². The third kappa shape index (κ3) is 4.00. The zero-order valence-electron chi connectivity index (χ0n) is 14.9. The smallest absolute Gasteiger partial charge is 0.343 e. The molecule has 134 valence electrons. The van der Waals surface area contributed by atoms with Gasteiger partial charge in [0.25, 0.3) is 0 Å². The van der Waals surface area contributed by atoms with E-state index in [1.165, 1.54) is 5.56 Å². The topological polar surface area (TPSA) is 62.1 Å². The fourth-order valence-corrected chi connectivity index (χ4v) is 4.22. The molecule has 0 aliphatic carbocycles. The molecule has 5 nitrogen and oxygen atoms in total. The molecule has 6 heteroatoms. The molecule has 0 saturated heterocycles. The molecule has 0 radical (unpaired) electrons. The summed E-state index contributed by atoms with van der Waals surface area (Å²) in [7, 11) is 4.04. The molecule has 2 atom stereocenters. The summed E-state index contributed by atoms with van der Waals surface area (Å²) in [5.41, 5.74) is 3.31. The van der Waals surface area contributed by atoms with Crippen molar-refractivity contribution in [2.24, 2.45) is 4.99 Å². The highest BCUT2D eigenvalue weighted by Gasteiger charge is 2.32. The summed E-state index contributed by atoms with van der Waals surface area (Å²) in [5.74, 6) is 0.544. The van der Waals surface area contributed by atoms with Gasteiger partial charge in [0, 0.05) is 50.2 Å². The minimum absolute atomic E-state index is 0.108. The first-order valence-corrected chi connectivity index (χ1v) is 9.56. The Labute approximate surface area is 152 Å². The number of rotatable bonds is 3. The van der Waals surface area contributed by atoms with E-state index in [1.807, 2.05) is 25.9 Å². The molecule has 0 saturated carbocycles. The number of esters is 1. The van der Waals surface area contributed by atoms with Crippen LogP contribution >= 0.6 is 11.8 Å². The number of hydrogen-bond donors (Lipinski definition) is 1. The molecule has 3 rings (SSSR count). The maximum atomic E-state index is 12.3. The molecule has 0 amide bonds. The first-order valence-electron chi connectivity index (χ1n) is 8.51. The number of ether oxygens (including phenoxy) is 1. The van der Waals surface area contributed by atoms with Crippen molar-refractivity contribution in [1.29, 1.82) is 0 Å². The molecule has 0 spiro atoms. The van der Waals surface area contributed by atoms with E-state index in [0.717, 1.165) is 11.4 Å². The zero-order valence-corrected chi connectivity index (χ0v) is 15.7. The van der Waals surface area contributed by atoms with Crippen molar-refractivity contribution in [3.05, 3.63) is 41.2 Å². The molecule has 2 heterocycles. The molecule has 0 bridgehead atoms. The Morgan fingerprint density at radius 3 is 2.60 bits per heavy atom. The molecule has 1 N–H and O–H groups in total. The Morgan fingerprint density at radius 1 is 1.24 bits per heavy atom. The Bertz CT molecular complexity index is 710. The lowest BCUT2D eigenvalue weighted by Crippen LogP contribution is -2.29. The van der Waals surface area contributed by atoms with Crippen LogP contribution in [0.4, 0.5) is 5.69 Å². The Kier molecular flexibility index (Phi) is 5.37. The molecule has 1 aromatic rings. The van der Waals surface area contributed by atoms with Crippen LogP contribution in [0.1, 0.15) is 30.6 Å². The lowest BCUT2D eigenvalue weighted by molar-refractivity contribution is -0.144. The highest BCUT2D eigenvalue weighted by molar-refractivity contribution is 7.99. The number of cyclic esters (lactones) is 1. The lowest BCUT2D eigenvalue weighted by atomic mass is 9.97. The van der Waals surface area contributed by atoms with Gasteiger partial charge in [-0.1, -0.05) is 12.1 Å². The van der Waals surface area contributed by atoms with E-state index in [1.54, 1.807) is 6.92 Å². The summed E-state index contributed by atoms with van der Waals surface area (Å²) in [6, 6.07) is 8.46. The summed E-state index contributed by atoms with van der Waals surface area (Å²) < 4.78 is 5.30. The van der Waals surface area contributed by atoms with Gasteiger partial charge >= 0.3 is 5.97 Å². The number of aliphatic hydroxyl groups is 1. The lowest BCUT2D eigenvalue weighted by Gasteiger charge is -2.23. The number of nitrogens with zero attached hydrogens (tertiary/aromatic N) is 2. The van der Waals surface area contributed by atoms with Crippen molar-refractivity contribution >= 4 is 29.1 Å². The minimum Gasteiger partial charge on any atom is -0.511 e. The molecule has 0 aromatic heterocycles. The van der Waals surface area contributed by atoms with E-state index < -0.39 is 5.97 Å². The van der Waals surface area contributed by atoms with Crippen molar-refractivity contribution in [3.8, 4) is 0 Å². The minimum atomic E-state index is -0.455. The number of thioether (sulfide) groups is 1. The van der Waals surface area contributed by atoms with Crippen LogP contribution in [-0.4, -0.2) is 49.3 Å². The van der Waals surface area contributed by atoms with Gasteiger partial charge in [0.05, 0.1) is 5.71 Å². The van der Waals surface area contributed by atoms with Gasteiger partial charge < -0.3 is 14.7 Å². The summed E-state index contributed by atoms with van der Waals surface area (Å²) in [5, 5.41) is 10.5. The molecule has 2 aliphatic heterocycles. The number of carbonyl (C=O) groups excluding carboxylic acids is 1. The predicted octanol–water partition coefficient (Wildman–Crippen LogP) is 3.52. The molecule has 0 fully saturated rings. The van der Waals surface area contributed by atoms with Crippen LogP contribution in [-0.2, 0) is 9.53 Å². The fourth-order valence-electron chi connectivity index (χ4n) is 3.12. The SMILES string of the molecule is CC1CC(O)=C(C2=NCCSC(c3ccc(N(C)C)cc3)C2)C(=O)O1. The number of benzene rings is 1. The zero-order chi connectivity index (χ0) is 18.0. The van der Waals surface area contributed by atoms with E-state index in [-0.39, 0.29) is 22.7 Å². The summed E-state index contributed by atoms with van der Waals surface area (Å²) in [6.07, 6.45) is 0.691. The second-order valence-electron chi connectivity index (χ2n) is 6.62. The van der Waals surface area contributed by atoms with Gasteiger partial charge in [-0.2, -0.15) is 11.8 Å². The molecule has 1 aromatic carbocycles. The first-order chi connectivity index (χ1) is 12.0. The van der Waals surface area contributed by atoms with E-state index in [2.05, 4.69) is 34.2 Å². The summed E-state index contributed by atoms with van der Waals surface area (Å²) in [6.45, 7) is 2.43. The Balaban J connectivity index is 1.84. The second-order valence-corrected chi connectivity index (χ2v) is 7.93. The van der Waals surface area contributed by atoms with Gasteiger partial charge in [0.2, 0.25) is 0 Å². The first kappa shape index (κ1) is 17.9. The monoisotopic (exact) mass is 360 g/mol. The van der Waals surface area contributed by atoms with Gasteiger partial charge in [-0.05, 0) is 24.6 Å². The fraction of sp³-hybridized carbons (Fsp3) is 0.474. The van der Waals surface area contributed by atoms with Crippen LogP contribution < -0.4 is 4.90 Å². The number of aliphatic hydroxyl groups excluding tert-OH is 1. The summed E-state index contributed by atoms with van der Waals surface area (Å²) in [4.78, 5) is 18.9. The van der Waals surface area contributed by atoms with Crippen molar-refractivity contribution < 1.29 is 14.6 Å². The van der Waals surface area contributed by atoms with Gasteiger partial charge in [-0.15, -0.1) is 0 Å². The Morgan fingerprint density at radius 2 is 1.96 bits per heavy atom.